The van der Waals surface area contributed by atoms with E-state index in [1.165, 1.54) is 5.57 Å². The van der Waals surface area contributed by atoms with Crippen molar-refractivity contribution in [2.75, 3.05) is 6.61 Å². The molecule has 4 nitrogen and oxygen atoms in total. The van der Waals surface area contributed by atoms with Crippen molar-refractivity contribution in [3.8, 4) is 0 Å². The molecule has 6 unspecified atom stereocenters. The van der Waals surface area contributed by atoms with E-state index >= 15 is 0 Å². The Hall–Kier alpha value is -0.420. The van der Waals surface area contributed by atoms with Gasteiger partial charge in [0.2, 0.25) is 0 Å². The van der Waals surface area contributed by atoms with Crippen molar-refractivity contribution in [3.63, 3.8) is 0 Å². The third-order valence-electron chi connectivity index (χ3n) is 4.82. The van der Waals surface area contributed by atoms with E-state index in [4.69, 9.17) is 9.47 Å². The average Bonchev–Trinajstić information content (AvgIpc) is 2.95. The Morgan fingerprint density at radius 1 is 1.32 bits per heavy atom. The highest BCUT2D eigenvalue weighted by Gasteiger charge is 2.40. The van der Waals surface area contributed by atoms with Crippen molar-refractivity contribution in [3.05, 3.63) is 11.6 Å². The van der Waals surface area contributed by atoms with E-state index in [0.717, 1.165) is 19.3 Å². The van der Waals surface area contributed by atoms with Crippen LogP contribution in [0.25, 0.3) is 0 Å². The first-order chi connectivity index (χ1) is 10.4. The lowest BCUT2D eigenvalue weighted by molar-refractivity contribution is -0.215. The Kier molecular flexibility index (Phi) is 6.45. The molecule has 1 aliphatic carbocycles. The fourth-order valence-corrected chi connectivity index (χ4v) is 4.01. The predicted octanol–water partition coefficient (Wildman–Crippen LogP) is 3.08. The van der Waals surface area contributed by atoms with Crippen LogP contribution in [-0.2, 0) is 9.47 Å². The zero-order valence-electron chi connectivity index (χ0n) is 14.4. The summed E-state index contributed by atoms with van der Waals surface area (Å²) in [5.41, 5.74) is 1.34. The highest BCUT2D eigenvalue weighted by atomic mass is 16.7. The van der Waals surface area contributed by atoms with Gasteiger partial charge in [-0.15, -0.1) is 0 Å². The molecule has 0 aromatic carbocycles. The van der Waals surface area contributed by atoms with Crippen molar-refractivity contribution < 1.29 is 19.7 Å². The lowest BCUT2D eigenvalue weighted by atomic mass is 9.87. The summed E-state index contributed by atoms with van der Waals surface area (Å²) < 4.78 is 10.8. The Labute approximate surface area is 134 Å². The summed E-state index contributed by atoms with van der Waals surface area (Å²) in [5, 5.41) is 20.2. The smallest absolute Gasteiger partial charge is 0.181 e. The summed E-state index contributed by atoms with van der Waals surface area (Å²) in [4.78, 5) is 0. The van der Waals surface area contributed by atoms with Gasteiger partial charge >= 0.3 is 0 Å². The Balaban J connectivity index is 1.99. The molecular formula is C18H32O4. The maximum absolute atomic E-state index is 10.6. The zero-order valence-corrected chi connectivity index (χ0v) is 14.4. The van der Waals surface area contributed by atoms with E-state index < -0.39 is 18.7 Å². The van der Waals surface area contributed by atoms with Crippen LogP contribution in [0.1, 0.15) is 53.4 Å². The average molecular weight is 312 g/mol. The molecule has 1 saturated carbocycles. The molecule has 4 heteroatoms. The third-order valence-corrected chi connectivity index (χ3v) is 4.82. The van der Waals surface area contributed by atoms with Gasteiger partial charge in [0, 0.05) is 12.3 Å². The molecule has 0 bridgehead atoms. The number of hydrogen-bond donors (Lipinski definition) is 2. The minimum atomic E-state index is -0.895. The molecule has 128 valence electrons. The second-order valence-corrected chi connectivity index (χ2v) is 7.64. The minimum absolute atomic E-state index is 0.149. The van der Waals surface area contributed by atoms with Gasteiger partial charge in [-0.05, 0) is 50.9 Å². The van der Waals surface area contributed by atoms with Gasteiger partial charge in [-0.1, -0.05) is 25.5 Å². The molecule has 22 heavy (non-hydrogen) atoms. The molecule has 2 fully saturated rings. The van der Waals surface area contributed by atoms with Crippen LogP contribution in [0.15, 0.2) is 11.6 Å². The van der Waals surface area contributed by atoms with Gasteiger partial charge in [-0.3, -0.25) is 0 Å². The fourth-order valence-electron chi connectivity index (χ4n) is 4.01. The molecule has 0 aromatic heterocycles. The third kappa shape index (κ3) is 4.79. The number of hydrogen-bond acceptors (Lipinski definition) is 4. The lowest BCUT2D eigenvalue weighted by Gasteiger charge is -2.28. The SMILES string of the molecule is CC(C)=CC1CC(CC(C)C)C(C(O)OC2CCOC2O)C1. The summed E-state index contributed by atoms with van der Waals surface area (Å²) >= 11 is 0. The first kappa shape index (κ1) is 17.9. The summed E-state index contributed by atoms with van der Waals surface area (Å²) in [5.74, 6) is 1.78. The molecule has 0 radical (unpaired) electrons. The van der Waals surface area contributed by atoms with Crippen LogP contribution in [-0.4, -0.2) is 35.5 Å². The van der Waals surface area contributed by atoms with Crippen LogP contribution in [0.4, 0.5) is 0 Å². The van der Waals surface area contributed by atoms with Crippen molar-refractivity contribution in [1.82, 2.24) is 0 Å². The molecule has 2 N–H and O–H groups in total. The van der Waals surface area contributed by atoms with E-state index in [9.17, 15) is 10.2 Å². The maximum Gasteiger partial charge on any atom is 0.181 e. The molecule has 2 rings (SSSR count). The van der Waals surface area contributed by atoms with Gasteiger partial charge in [-0.2, -0.15) is 0 Å². The molecule has 1 heterocycles. The Morgan fingerprint density at radius 3 is 2.59 bits per heavy atom. The number of aliphatic hydroxyl groups excluding tert-OH is 2. The van der Waals surface area contributed by atoms with Crippen LogP contribution < -0.4 is 0 Å². The van der Waals surface area contributed by atoms with Crippen LogP contribution in [0, 0.1) is 23.7 Å². The Morgan fingerprint density at radius 2 is 2.05 bits per heavy atom. The highest BCUT2D eigenvalue weighted by molar-refractivity contribution is 5.02. The number of aliphatic hydroxyl groups is 2. The maximum atomic E-state index is 10.6. The van der Waals surface area contributed by atoms with Crippen molar-refractivity contribution in [1.29, 1.82) is 0 Å². The topological polar surface area (TPSA) is 58.9 Å². The molecule has 2 aliphatic rings. The summed E-state index contributed by atoms with van der Waals surface area (Å²) in [6, 6.07) is 0. The van der Waals surface area contributed by atoms with Gasteiger partial charge in [0.1, 0.15) is 6.10 Å². The molecule has 0 spiro atoms. The lowest BCUT2D eigenvalue weighted by Crippen LogP contribution is -2.35. The molecular weight excluding hydrogens is 280 g/mol. The van der Waals surface area contributed by atoms with Crippen molar-refractivity contribution in [2.45, 2.75) is 72.1 Å². The standard InChI is InChI=1S/C18H32O4/c1-11(2)7-13-9-14(8-12(3)4)15(10-13)17(19)22-16-5-6-21-18(16)20/h7,12-20H,5-6,8-10H2,1-4H3. The normalized spacial score (nSPS) is 36.8. The van der Waals surface area contributed by atoms with Crippen LogP contribution in [0.2, 0.25) is 0 Å². The van der Waals surface area contributed by atoms with Crippen molar-refractivity contribution in [2.24, 2.45) is 23.7 Å². The van der Waals surface area contributed by atoms with E-state index in [1.54, 1.807) is 0 Å². The molecule has 0 amide bonds. The van der Waals surface area contributed by atoms with E-state index in [1.807, 2.05) is 0 Å². The summed E-state index contributed by atoms with van der Waals surface area (Å²) in [6.07, 6.45) is 4.09. The second-order valence-electron chi connectivity index (χ2n) is 7.64. The van der Waals surface area contributed by atoms with Gasteiger partial charge in [-0.25, -0.2) is 0 Å². The zero-order chi connectivity index (χ0) is 16.3. The monoisotopic (exact) mass is 312 g/mol. The molecule has 0 aromatic rings. The second kappa shape index (κ2) is 7.91. The number of allylic oxidation sites excluding steroid dienone is 2. The highest BCUT2D eigenvalue weighted by Crippen LogP contribution is 2.43. The number of ether oxygens (including phenoxy) is 2. The first-order valence-electron chi connectivity index (χ1n) is 8.65. The fraction of sp³-hybridized carbons (Fsp3) is 0.889. The van der Waals surface area contributed by atoms with Gasteiger partial charge < -0.3 is 19.7 Å². The van der Waals surface area contributed by atoms with Gasteiger partial charge in [0.05, 0.1) is 6.61 Å². The Bertz CT molecular complexity index is 375. The largest absolute Gasteiger partial charge is 0.368 e. The van der Waals surface area contributed by atoms with E-state index in [0.29, 0.717) is 30.8 Å². The molecule has 6 atom stereocenters. The van der Waals surface area contributed by atoms with E-state index in [2.05, 4.69) is 33.8 Å². The predicted molar refractivity (Wildman–Crippen MR) is 86.0 cm³/mol. The molecule has 1 saturated heterocycles. The quantitative estimate of drug-likeness (QED) is 0.584. The van der Waals surface area contributed by atoms with Gasteiger partial charge in [0.25, 0.3) is 0 Å². The van der Waals surface area contributed by atoms with Crippen LogP contribution >= 0.6 is 0 Å². The first-order valence-corrected chi connectivity index (χ1v) is 8.65. The number of rotatable bonds is 6. The molecule has 1 aliphatic heterocycles. The van der Waals surface area contributed by atoms with Crippen LogP contribution in [0.5, 0.6) is 0 Å². The van der Waals surface area contributed by atoms with Crippen LogP contribution in [0.3, 0.4) is 0 Å². The van der Waals surface area contributed by atoms with E-state index in [-0.39, 0.29) is 5.92 Å². The minimum Gasteiger partial charge on any atom is -0.368 e. The van der Waals surface area contributed by atoms with Gasteiger partial charge in [0.15, 0.2) is 12.6 Å². The van der Waals surface area contributed by atoms with Crippen molar-refractivity contribution >= 4 is 0 Å². The summed E-state index contributed by atoms with van der Waals surface area (Å²) in [7, 11) is 0. The summed E-state index contributed by atoms with van der Waals surface area (Å²) in [6.45, 7) is 9.22.